The number of halogens is 3. The standard InChI is InChI=1S/C12H18F3N2O2/c1-11(2,10(16)19)7-9(18)17-5-3-8(4-6-17)12(13,14)15/h7-8H,3-6H2,1-2H3,(H2,16,19). The lowest BCUT2D eigenvalue weighted by Crippen LogP contribution is -2.45. The number of nitrogens with zero attached hydrogens (tertiary/aromatic N) is 1. The van der Waals surface area contributed by atoms with Gasteiger partial charge in [0.15, 0.2) is 0 Å². The summed E-state index contributed by atoms with van der Waals surface area (Å²) in [7, 11) is 0. The molecule has 0 aliphatic carbocycles. The van der Waals surface area contributed by atoms with Crippen molar-refractivity contribution in [3.8, 4) is 0 Å². The van der Waals surface area contributed by atoms with E-state index in [0.29, 0.717) is 0 Å². The van der Waals surface area contributed by atoms with E-state index in [1.807, 2.05) is 0 Å². The molecule has 1 aliphatic heterocycles. The second-order valence-corrected chi connectivity index (χ2v) is 5.37. The van der Waals surface area contributed by atoms with Crippen LogP contribution in [0.15, 0.2) is 0 Å². The molecule has 1 saturated heterocycles. The average molecular weight is 279 g/mol. The van der Waals surface area contributed by atoms with E-state index in [9.17, 15) is 22.8 Å². The second-order valence-electron chi connectivity index (χ2n) is 5.37. The van der Waals surface area contributed by atoms with Gasteiger partial charge in [-0.25, -0.2) is 0 Å². The number of carbonyl (C=O) groups is 2. The van der Waals surface area contributed by atoms with Gasteiger partial charge in [0.2, 0.25) is 11.8 Å². The summed E-state index contributed by atoms with van der Waals surface area (Å²) in [6, 6.07) is 0. The Hall–Kier alpha value is -1.27. The van der Waals surface area contributed by atoms with Gasteiger partial charge in [-0.15, -0.1) is 0 Å². The first-order valence-electron chi connectivity index (χ1n) is 6.05. The lowest BCUT2D eigenvalue weighted by Gasteiger charge is -2.34. The van der Waals surface area contributed by atoms with Gasteiger partial charge in [0.05, 0.1) is 17.8 Å². The van der Waals surface area contributed by atoms with Gasteiger partial charge in [0.1, 0.15) is 0 Å². The number of carbonyl (C=O) groups excluding carboxylic acids is 2. The van der Waals surface area contributed by atoms with Crippen molar-refractivity contribution >= 4 is 11.8 Å². The number of alkyl halides is 3. The van der Waals surface area contributed by atoms with Gasteiger partial charge in [-0.1, -0.05) is 13.8 Å². The molecule has 1 radical (unpaired) electrons. The third-order valence-corrected chi connectivity index (χ3v) is 3.39. The Kier molecular flexibility index (Phi) is 4.47. The van der Waals surface area contributed by atoms with E-state index in [1.54, 1.807) is 0 Å². The zero-order valence-electron chi connectivity index (χ0n) is 11.0. The average Bonchev–Trinajstić information content (AvgIpc) is 2.27. The Bertz CT molecular complexity index is 358. The number of piperidine rings is 1. The van der Waals surface area contributed by atoms with Crippen LogP contribution < -0.4 is 5.73 Å². The molecule has 1 fully saturated rings. The van der Waals surface area contributed by atoms with Gasteiger partial charge in [0, 0.05) is 13.1 Å². The van der Waals surface area contributed by atoms with Crippen molar-refractivity contribution < 1.29 is 22.8 Å². The van der Waals surface area contributed by atoms with Crippen LogP contribution in [0.2, 0.25) is 0 Å². The molecule has 0 spiro atoms. The van der Waals surface area contributed by atoms with Crippen molar-refractivity contribution in [2.75, 3.05) is 13.1 Å². The van der Waals surface area contributed by atoms with Gasteiger partial charge < -0.3 is 10.6 Å². The highest BCUT2D eigenvalue weighted by atomic mass is 19.4. The molecule has 1 heterocycles. The van der Waals surface area contributed by atoms with E-state index in [0.717, 1.165) is 0 Å². The second kappa shape index (κ2) is 5.38. The fourth-order valence-electron chi connectivity index (χ4n) is 1.90. The molecule has 0 aromatic carbocycles. The van der Waals surface area contributed by atoms with Crippen LogP contribution in [0.5, 0.6) is 0 Å². The highest BCUT2D eigenvalue weighted by Crippen LogP contribution is 2.34. The fourth-order valence-corrected chi connectivity index (χ4v) is 1.90. The summed E-state index contributed by atoms with van der Waals surface area (Å²) in [5.74, 6) is -2.43. The first kappa shape index (κ1) is 15.8. The lowest BCUT2D eigenvalue weighted by molar-refractivity contribution is -0.186. The summed E-state index contributed by atoms with van der Waals surface area (Å²) in [4.78, 5) is 24.3. The van der Waals surface area contributed by atoms with E-state index in [2.05, 4.69) is 0 Å². The molecule has 19 heavy (non-hydrogen) atoms. The zero-order valence-corrected chi connectivity index (χ0v) is 11.0. The molecule has 1 rings (SSSR count). The van der Waals surface area contributed by atoms with Gasteiger partial charge in [-0.3, -0.25) is 9.59 Å². The number of primary amides is 1. The van der Waals surface area contributed by atoms with Crippen molar-refractivity contribution in [2.45, 2.75) is 32.9 Å². The Morgan fingerprint density at radius 2 is 1.68 bits per heavy atom. The van der Waals surface area contributed by atoms with Crippen LogP contribution in [0.4, 0.5) is 13.2 Å². The van der Waals surface area contributed by atoms with E-state index in [4.69, 9.17) is 5.73 Å². The number of nitrogens with two attached hydrogens (primary N) is 1. The number of amides is 2. The molecule has 0 saturated carbocycles. The van der Waals surface area contributed by atoms with E-state index in [1.165, 1.54) is 25.2 Å². The van der Waals surface area contributed by atoms with Crippen LogP contribution in [-0.2, 0) is 9.59 Å². The molecular weight excluding hydrogens is 261 g/mol. The number of likely N-dealkylation sites (tertiary alicyclic amines) is 1. The molecule has 2 amide bonds. The molecule has 0 atom stereocenters. The fraction of sp³-hybridized carbons (Fsp3) is 0.750. The summed E-state index contributed by atoms with van der Waals surface area (Å²) in [6.07, 6.45) is -3.23. The minimum atomic E-state index is -4.20. The predicted octanol–water partition coefficient (Wildman–Crippen LogP) is 1.50. The molecule has 0 unspecified atom stereocenters. The van der Waals surface area contributed by atoms with E-state index < -0.39 is 29.3 Å². The molecule has 0 bridgehead atoms. The third kappa shape index (κ3) is 4.11. The molecule has 4 nitrogen and oxygen atoms in total. The van der Waals surface area contributed by atoms with Crippen LogP contribution >= 0.6 is 0 Å². The Morgan fingerprint density at radius 3 is 2.05 bits per heavy atom. The molecule has 0 aromatic rings. The Balaban J connectivity index is 2.52. The maximum absolute atomic E-state index is 12.5. The first-order valence-corrected chi connectivity index (χ1v) is 6.05. The maximum Gasteiger partial charge on any atom is 0.391 e. The van der Waals surface area contributed by atoms with Crippen LogP contribution in [-0.4, -0.2) is 36.0 Å². The predicted molar refractivity (Wildman–Crippen MR) is 62.6 cm³/mol. The summed E-state index contributed by atoms with van der Waals surface area (Å²) >= 11 is 0. The number of rotatable bonds is 3. The largest absolute Gasteiger partial charge is 0.391 e. The van der Waals surface area contributed by atoms with E-state index in [-0.39, 0.29) is 25.9 Å². The lowest BCUT2D eigenvalue weighted by atomic mass is 9.87. The monoisotopic (exact) mass is 279 g/mol. The summed E-state index contributed by atoms with van der Waals surface area (Å²) < 4.78 is 37.4. The smallest absolute Gasteiger partial charge is 0.369 e. The van der Waals surface area contributed by atoms with Crippen molar-refractivity contribution in [1.82, 2.24) is 4.90 Å². The highest BCUT2D eigenvalue weighted by Gasteiger charge is 2.42. The van der Waals surface area contributed by atoms with Gasteiger partial charge in [-0.05, 0) is 12.8 Å². The normalized spacial score (nSPS) is 18.5. The summed E-state index contributed by atoms with van der Waals surface area (Å²) in [6.45, 7) is 3.09. The molecule has 7 heteroatoms. The molecule has 109 valence electrons. The van der Waals surface area contributed by atoms with Crippen molar-refractivity contribution in [1.29, 1.82) is 0 Å². The number of hydrogen-bond acceptors (Lipinski definition) is 2. The Morgan fingerprint density at radius 1 is 1.21 bits per heavy atom. The minimum Gasteiger partial charge on any atom is -0.369 e. The van der Waals surface area contributed by atoms with Gasteiger partial charge >= 0.3 is 6.18 Å². The van der Waals surface area contributed by atoms with Gasteiger partial charge in [0.25, 0.3) is 0 Å². The van der Waals surface area contributed by atoms with Crippen LogP contribution in [0.1, 0.15) is 26.7 Å². The van der Waals surface area contributed by atoms with Crippen molar-refractivity contribution in [3.63, 3.8) is 0 Å². The minimum absolute atomic E-state index is 0.0500. The Labute approximate surface area is 110 Å². The molecular formula is C12H18F3N2O2. The third-order valence-electron chi connectivity index (χ3n) is 3.39. The summed E-state index contributed by atoms with van der Waals surface area (Å²) in [5, 5.41) is 0. The van der Waals surface area contributed by atoms with E-state index >= 15 is 0 Å². The van der Waals surface area contributed by atoms with Gasteiger partial charge in [-0.2, -0.15) is 13.2 Å². The van der Waals surface area contributed by atoms with Crippen LogP contribution in [0, 0.1) is 17.8 Å². The molecule has 2 N–H and O–H groups in total. The van der Waals surface area contributed by atoms with Crippen LogP contribution in [0.25, 0.3) is 0 Å². The topological polar surface area (TPSA) is 63.4 Å². The molecule has 0 aromatic heterocycles. The van der Waals surface area contributed by atoms with Crippen molar-refractivity contribution in [2.24, 2.45) is 17.1 Å². The zero-order chi connectivity index (χ0) is 14.8. The molecule has 1 aliphatic rings. The van der Waals surface area contributed by atoms with Crippen molar-refractivity contribution in [3.05, 3.63) is 6.42 Å². The SMILES string of the molecule is CC(C)([CH]C(=O)N1CCC(C(F)(F)F)CC1)C(N)=O. The quantitative estimate of drug-likeness (QED) is 0.851. The summed E-state index contributed by atoms with van der Waals surface area (Å²) in [5.41, 5.74) is 4.04. The number of hydrogen-bond donors (Lipinski definition) is 1. The van der Waals surface area contributed by atoms with Crippen LogP contribution in [0.3, 0.4) is 0 Å². The highest BCUT2D eigenvalue weighted by molar-refractivity contribution is 5.94. The first-order chi connectivity index (χ1) is 8.54. The maximum atomic E-state index is 12.5.